The van der Waals surface area contributed by atoms with E-state index >= 15 is 0 Å². The number of benzene rings is 1. The predicted molar refractivity (Wildman–Crippen MR) is 151 cm³/mol. The number of carboxylic acid groups (broad SMARTS) is 1. The van der Waals surface area contributed by atoms with E-state index in [-0.39, 0.29) is 30.8 Å². The summed E-state index contributed by atoms with van der Waals surface area (Å²) in [5.74, 6) is 0.661. The van der Waals surface area contributed by atoms with Gasteiger partial charge in [0.15, 0.2) is 5.78 Å². The Bertz CT molecular complexity index is 1400. The molecule has 2 aliphatic heterocycles. The number of ketones is 1. The van der Waals surface area contributed by atoms with E-state index in [4.69, 9.17) is 14.7 Å². The Morgan fingerprint density at radius 2 is 2.08 bits per heavy atom. The summed E-state index contributed by atoms with van der Waals surface area (Å²) in [6.45, 7) is 2.46. The van der Waals surface area contributed by atoms with Crippen LogP contribution < -0.4 is 9.64 Å². The van der Waals surface area contributed by atoms with Gasteiger partial charge >= 0.3 is 12.1 Å². The Morgan fingerprint density at radius 3 is 2.80 bits per heavy atom. The van der Waals surface area contributed by atoms with Gasteiger partial charge in [-0.25, -0.2) is 4.79 Å². The second-order valence-electron chi connectivity index (χ2n) is 11.5. The van der Waals surface area contributed by atoms with Crippen LogP contribution in [0.25, 0.3) is 0 Å². The van der Waals surface area contributed by atoms with E-state index in [1.807, 2.05) is 17.0 Å². The Balaban J connectivity index is 1.35. The van der Waals surface area contributed by atoms with E-state index in [2.05, 4.69) is 40.0 Å². The van der Waals surface area contributed by atoms with Gasteiger partial charge in [0.1, 0.15) is 18.1 Å². The molecule has 1 unspecified atom stereocenters. The van der Waals surface area contributed by atoms with Crippen molar-refractivity contribution in [1.29, 1.82) is 5.26 Å². The van der Waals surface area contributed by atoms with Crippen LogP contribution in [-0.4, -0.2) is 88.7 Å². The molecule has 210 valence electrons. The van der Waals surface area contributed by atoms with E-state index in [0.29, 0.717) is 56.9 Å². The molecule has 0 bridgehead atoms. The van der Waals surface area contributed by atoms with Crippen LogP contribution in [0.3, 0.4) is 0 Å². The summed E-state index contributed by atoms with van der Waals surface area (Å²) in [6, 6.07) is 8.25. The second kappa shape index (κ2) is 10.6. The van der Waals surface area contributed by atoms with Gasteiger partial charge < -0.3 is 24.5 Å². The molecule has 3 heterocycles. The number of piperazine rings is 1. The average molecular weight is 610 g/mol. The zero-order valence-electron chi connectivity index (χ0n) is 22.6. The Kier molecular flexibility index (Phi) is 7.17. The highest BCUT2D eigenvalue weighted by atomic mass is 79.9. The number of likely N-dealkylation sites (N-methyl/N-ethyl adjacent to an activating group) is 1. The smallest absolute Gasteiger partial charge is 0.407 e. The number of aromatic nitrogens is 2. The molecule has 0 radical (unpaired) electrons. The summed E-state index contributed by atoms with van der Waals surface area (Å²) in [7, 11) is 2.08. The standard InChI is InChI=1S/C29H33BrN6O4/c1-34-11-3-5-20(34)17-40-27-32-24-21(26(33-27)35-12-13-36(28(38)39)19(16-35)8-10-31)7-9-29(25(24)37)14-18-4-2-6-23(30)22(18)15-29/h2,4,6,19-20H,3,5,7-9,11-17H2,1H3,(H,38,39)/t19-,20-,29?/m0/s1. The number of hydrogen-bond acceptors (Lipinski definition) is 8. The number of amides is 1. The largest absolute Gasteiger partial charge is 0.465 e. The van der Waals surface area contributed by atoms with E-state index < -0.39 is 17.6 Å². The van der Waals surface area contributed by atoms with Crippen molar-refractivity contribution in [3.8, 4) is 12.1 Å². The molecule has 2 aromatic rings. The third kappa shape index (κ3) is 4.71. The van der Waals surface area contributed by atoms with Gasteiger partial charge in [0.05, 0.1) is 18.5 Å². The van der Waals surface area contributed by atoms with Gasteiger partial charge in [0.25, 0.3) is 0 Å². The van der Waals surface area contributed by atoms with Gasteiger partial charge in [-0.3, -0.25) is 4.79 Å². The summed E-state index contributed by atoms with van der Waals surface area (Å²) in [5, 5.41) is 19.0. The van der Waals surface area contributed by atoms with Gasteiger partial charge in [0, 0.05) is 41.1 Å². The van der Waals surface area contributed by atoms with Gasteiger partial charge in [-0.2, -0.15) is 15.2 Å². The van der Waals surface area contributed by atoms with Crippen molar-refractivity contribution < 1.29 is 19.4 Å². The third-order valence-corrected chi connectivity index (χ3v) is 9.95. The zero-order valence-corrected chi connectivity index (χ0v) is 24.2. The number of rotatable bonds is 5. The van der Waals surface area contributed by atoms with Crippen molar-refractivity contribution in [2.24, 2.45) is 5.41 Å². The molecule has 40 heavy (non-hydrogen) atoms. The molecule has 2 saturated heterocycles. The first-order valence-electron chi connectivity index (χ1n) is 14.0. The van der Waals surface area contributed by atoms with E-state index in [1.165, 1.54) is 16.0 Å². The number of anilines is 1. The summed E-state index contributed by atoms with van der Waals surface area (Å²) in [4.78, 5) is 41.3. The molecule has 2 aliphatic carbocycles. The second-order valence-corrected chi connectivity index (χ2v) is 12.4. The molecule has 4 aliphatic rings. The molecule has 1 spiro atoms. The number of carbonyl (C=O) groups excluding carboxylic acids is 1. The van der Waals surface area contributed by atoms with Crippen LogP contribution >= 0.6 is 15.9 Å². The maximum absolute atomic E-state index is 14.3. The highest BCUT2D eigenvalue weighted by Crippen LogP contribution is 2.49. The third-order valence-electron chi connectivity index (χ3n) is 9.21. The number of nitriles is 1. The number of likely N-dealkylation sites (tertiary alicyclic amines) is 1. The van der Waals surface area contributed by atoms with Crippen molar-refractivity contribution in [3.63, 3.8) is 0 Å². The number of halogens is 1. The Labute approximate surface area is 242 Å². The van der Waals surface area contributed by atoms with E-state index in [0.717, 1.165) is 29.4 Å². The SMILES string of the molecule is CN1CCC[C@H]1COc1nc2c(c(N3CCN(C(=O)O)[C@@H](CC#N)C3)n1)CCC1(Cc3cccc(Br)c3C1)C2=O. The molecular formula is C29H33BrN6O4. The predicted octanol–water partition coefficient (Wildman–Crippen LogP) is 3.71. The first kappa shape index (κ1) is 27.0. The van der Waals surface area contributed by atoms with E-state index in [9.17, 15) is 20.0 Å². The number of ether oxygens (including phenoxy) is 1. The summed E-state index contributed by atoms with van der Waals surface area (Å²) >= 11 is 3.68. The van der Waals surface area contributed by atoms with Crippen molar-refractivity contribution in [2.75, 3.05) is 44.7 Å². The van der Waals surface area contributed by atoms with Gasteiger partial charge in [-0.1, -0.05) is 28.1 Å². The molecule has 2 fully saturated rings. The molecule has 3 atom stereocenters. The fourth-order valence-electron chi connectivity index (χ4n) is 6.94. The zero-order chi connectivity index (χ0) is 28.0. The van der Waals surface area contributed by atoms with Crippen LogP contribution in [-0.2, 0) is 19.3 Å². The summed E-state index contributed by atoms with van der Waals surface area (Å²) in [5.41, 5.74) is 3.07. The molecule has 1 aromatic carbocycles. The fraction of sp³-hybridized carbons (Fsp3) is 0.552. The van der Waals surface area contributed by atoms with Crippen molar-refractivity contribution >= 4 is 33.6 Å². The van der Waals surface area contributed by atoms with Crippen molar-refractivity contribution in [3.05, 3.63) is 45.1 Å². The minimum atomic E-state index is -1.03. The Hall–Kier alpha value is -3.23. The highest BCUT2D eigenvalue weighted by Gasteiger charge is 2.49. The van der Waals surface area contributed by atoms with Crippen LogP contribution in [0.5, 0.6) is 6.01 Å². The highest BCUT2D eigenvalue weighted by molar-refractivity contribution is 9.10. The van der Waals surface area contributed by atoms with Crippen LogP contribution in [0.4, 0.5) is 10.6 Å². The maximum Gasteiger partial charge on any atom is 0.407 e. The normalized spacial score (nSPS) is 26.1. The first-order valence-corrected chi connectivity index (χ1v) is 14.8. The van der Waals surface area contributed by atoms with Gasteiger partial charge in [0.2, 0.25) is 0 Å². The minimum Gasteiger partial charge on any atom is -0.465 e. The lowest BCUT2D eigenvalue weighted by atomic mass is 9.70. The fourth-order valence-corrected chi connectivity index (χ4v) is 7.48. The minimum absolute atomic E-state index is 0.0288. The summed E-state index contributed by atoms with van der Waals surface area (Å²) in [6.07, 6.45) is 3.91. The monoisotopic (exact) mass is 608 g/mol. The number of nitrogens with zero attached hydrogens (tertiary/aromatic N) is 6. The lowest BCUT2D eigenvalue weighted by Crippen LogP contribution is -2.55. The number of Topliss-reactive ketones (excluding diaryl/α,β-unsaturated/α-hetero) is 1. The molecule has 1 N–H and O–H groups in total. The van der Waals surface area contributed by atoms with Crippen LogP contribution in [0.1, 0.15) is 52.9 Å². The van der Waals surface area contributed by atoms with Gasteiger partial charge in [-0.05, 0) is 69.3 Å². The number of carbonyl (C=O) groups is 2. The van der Waals surface area contributed by atoms with Gasteiger partial charge in [-0.15, -0.1) is 0 Å². The Morgan fingerprint density at radius 1 is 1.23 bits per heavy atom. The molecular weight excluding hydrogens is 576 g/mol. The average Bonchev–Trinajstić information content (AvgIpc) is 3.53. The van der Waals surface area contributed by atoms with Crippen molar-refractivity contribution in [2.45, 2.75) is 57.0 Å². The lowest BCUT2D eigenvalue weighted by molar-refractivity contribution is 0.0761. The molecule has 10 nitrogen and oxygen atoms in total. The molecule has 11 heteroatoms. The number of hydrogen-bond donors (Lipinski definition) is 1. The van der Waals surface area contributed by atoms with E-state index in [1.54, 1.807) is 0 Å². The molecule has 6 rings (SSSR count). The maximum atomic E-state index is 14.3. The van der Waals surface area contributed by atoms with Crippen LogP contribution in [0, 0.1) is 16.7 Å². The topological polar surface area (TPSA) is 123 Å². The molecule has 0 saturated carbocycles. The molecule has 1 aromatic heterocycles. The van der Waals surface area contributed by atoms with Crippen molar-refractivity contribution in [1.82, 2.24) is 19.8 Å². The molecule has 1 amide bonds. The lowest BCUT2D eigenvalue weighted by Gasteiger charge is -2.41. The number of fused-ring (bicyclic) bond motifs is 2. The van der Waals surface area contributed by atoms with Crippen LogP contribution in [0.15, 0.2) is 22.7 Å². The quantitative estimate of drug-likeness (QED) is 0.541. The summed E-state index contributed by atoms with van der Waals surface area (Å²) < 4.78 is 7.20. The first-order chi connectivity index (χ1) is 19.3. The van der Waals surface area contributed by atoms with Crippen LogP contribution in [0.2, 0.25) is 0 Å².